The van der Waals surface area contributed by atoms with Crippen LogP contribution in [0.1, 0.15) is 13.3 Å². The van der Waals surface area contributed by atoms with Crippen molar-refractivity contribution in [1.82, 2.24) is 5.32 Å². The highest BCUT2D eigenvalue weighted by atomic mass is 35.5. The molecule has 1 unspecified atom stereocenters. The molecule has 0 saturated carbocycles. The van der Waals surface area contributed by atoms with E-state index in [4.69, 9.17) is 28.3 Å². The van der Waals surface area contributed by atoms with Crippen LogP contribution in [0.15, 0.2) is 18.2 Å². The number of carboxylic acid groups (broad SMARTS) is 1. The molecule has 2 amide bonds. The van der Waals surface area contributed by atoms with Crippen molar-refractivity contribution in [2.24, 2.45) is 0 Å². The van der Waals surface area contributed by atoms with Crippen molar-refractivity contribution < 1.29 is 14.7 Å². The lowest BCUT2D eigenvalue weighted by Gasteiger charge is -2.13. The summed E-state index contributed by atoms with van der Waals surface area (Å²) in [6.45, 7) is 1.66. The Hall–Kier alpha value is -1.46. The summed E-state index contributed by atoms with van der Waals surface area (Å²) in [6, 6.07) is 3.05. The normalized spacial score (nSPS) is 11.7. The molecule has 1 atom stereocenters. The van der Waals surface area contributed by atoms with E-state index in [1.807, 2.05) is 0 Å². The van der Waals surface area contributed by atoms with Crippen LogP contribution in [-0.4, -0.2) is 23.1 Å². The largest absolute Gasteiger partial charge is 0.480 e. The number of urea groups is 1. The van der Waals surface area contributed by atoms with Crippen LogP contribution in [0, 0.1) is 0 Å². The Morgan fingerprint density at radius 2 is 2.00 bits per heavy atom. The van der Waals surface area contributed by atoms with Crippen LogP contribution in [0.5, 0.6) is 0 Å². The van der Waals surface area contributed by atoms with Gasteiger partial charge in [0.05, 0.1) is 10.0 Å². The van der Waals surface area contributed by atoms with Crippen LogP contribution < -0.4 is 10.6 Å². The average molecular weight is 291 g/mol. The minimum atomic E-state index is -1.08. The van der Waals surface area contributed by atoms with Gasteiger partial charge in [0, 0.05) is 5.69 Å². The van der Waals surface area contributed by atoms with Crippen LogP contribution >= 0.6 is 23.2 Å². The molecule has 0 fully saturated rings. The third kappa shape index (κ3) is 4.09. The molecule has 18 heavy (non-hydrogen) atoms. The van der Waals surface area contributed by atoms with E-state index < -0.39 is 18.0 Å². The van der Waals surface area contributed by atoms with Gasteiger partial charge in [-0.3, -0.25) is 0 Å². The molecule has 0 spiro atoms. The zero-order valence-electron chi connectivity index (χ0n) is 9.54. The van der Waals surface area contributed by atoms with Crippen molar-refractivity contribution in [3.05, 3.63) is 28.2 Å². The smallest absolute Gasteiger partial charge is 0.326 e. The minimum absolute atomic E-state index is 0.296. The lowest BCUT2D eigenvalue weighted by molar-refractivity contribution is -0.139. The first-order valence-corrected chi connectivity index (χ1v) is 5.95. The molecule has 0 aliphatic rings. The Kier molecular flexibility index (Phi) is 5.25. The van der Waals surface area contributed by atoms with E-state index in [1.54, 1.807) is 13.0 Å². The number of aliphatic carboxylic acids is 1. The Labute approximate surface area is 114 Å². The number of amides is 2. The third-order valence-corrected chi connectivity index (χ3v) is 2.93. The molecule has 0 aliphatic heterocycles. The molecular weight excluding hydrogens is 279 g/mol. The molecule has 0 saturated heterocycles. The molecular formula is C11H12Cl2N2O3. The molecule has 7 heteroatoms. The summed E-state index contributed by atoms with van der Waals surface area (Å²) in [4.78, 5) is 22.3. The standard InChI is InChI=1S/C11H12Cl2N2O3/c1-2-9(10(16)17)15-11(18)14-6-3-4-7(12)8(13)5-6/h3-5,9H,2H2,1H3,(H,16,17)(H2,14,15,18). The fourth-order valence-corrected chi connectivity index (χ4v) is 1.54. The summed E-state index contributed by atoms with van der Waals surface area (Å²) < 4.78 is 0. The quantitative estimate of drug-likeness (QED) is 0.798. The van der Waals surface area contributed by atoms with Crippen LogP contribution in [0.3, 0.4) is 0 Å². The first-order chi connectivity index (χ1) is 8.43. The van der Waals surface area contributed by atoms with Crippen molar-refractivity contribution in [2.45, 2.75) is 19.4 Å². The number of anilines is 1. The zero-order chi connectivity index (χ0) is 13.7. The molecule has 1 aromatic carbocycles. The van der Waals surface area contributed by atoms with Gasteiger partial charge in [-0.2, -0.15) is 0 Å². The maximum Gasteiger partial charge on any atom is 0.326 e. The highest BCUT2D eigenvalue weighted by Gasteiger charge is 2.17. The highest BCUT2D eigenvalue weighted by molar-refractivity contribution is 6.42. The van der Waals surface area contributed by atoms with E-state index in [-0.39, 0.29) is 0 Å². The number of halogens is 2. The van der Waals surface area contributed by atoms with Crippen molar-refractivity contribution in [2.75, 3.05) is 5.32 Å². The number of hydrogen-bond acceptors (Lipinski definition) is 2. The van der Waals surface area contributed by atoms with E-state index in [1.165, 1.54) is 12.1 Å². The second-order valence-electron chi connectivity index (χ2n) is 3.53. The first-order valence-electron chi connectivity index (χ1n) is 5.19. The van der Waals surface area contributed by atoms with Crippen LogP contribution in [0.2, 0.25) is 10.0 Å². The molecule has 1 rings (SSSR count). The topological polar surface area (TPSA) is 78.4 Å². The van der Waals surface area contributed by atoms with E-state index >= 15 is 0 Å². The molecule has 0 aromatic heterocycles. The molecule has 0 bridgehead atoms. The maximum atomic E-state index is 11.5. The molecule has 98 valence electrons. The van der Waals surface area contributed by atoms with Crippen LogP contribution in [0.4, 0.5) is 10.5 Å². The average Bonchev–Trinajstić information content (AvgIpc) is 2.30. The van der Waals surface area contributed by atoms with Gasteiger partial charge >= 0.3 is 12.0 Å². The van der Waals surface area contributed by atoms with Crippen LogP contribution in [0.25, 0.3) is 0 Å². The number of carbonyl (C=O) groups excluding carboxylic acids is 1. The molecule has 0 radical (unpaired) electrons. The monoisotopic (exact) mass is 290 g/mol. The van der Waals surface area contributed by atoms with Crippen molar-refractivity contribution in [1.29, 1.82) is 0 Å². The summed E-state index contributed by atoms with van der Waals surface area (Å²) in [5, 5.41) is 14.3. The summed E-state index contributed by atoms with van der Waals surface area (Å²) in [6.07, 6.45) is 0.296. The maximum absolute atomic E-state index is 11.5. The van der Waals surface area contributed by atoms with Gasteiger partial charge in [-0.15, -0.1) is 0 Å². The van der Waals surface area contributed by atoms with E-state index in [0.717, 1.165) is 0 Å². The Morgan fingerprint density at radius 1 is 1.33 bits per heavy atom. The Bertz CT molecular complexity index is 466. The number of benzene rings is 1. The van der Waals surface area contributed by atoms with Crippen molar-refractivity contribution in [3.63, 3.8) is 0 Å². The Morgan fingerprint density at radius 3 is 2.50 bits per heavy atom. The molecule has 0 heterocycles. The number of nitrogens with one attached hydrogen (secondary N) is 2. The van der Waals surface area contributed by atoms with Crippen LogP contribution in [-0.2, 0) is 4.79 Å². The molecule has 3 N–H and O–H groups in total. The molecule has 5 nitrogen and oxygen atoms in total. The van der Waals surface area contributed by atoms with E-state index in [0.29, 0.717) is 22.2 Å². The SMILES string of the molecule is CCC(NC(=O)Nc1ccc(Cl)c(Cl)c1)C(=O)O. The molecule has 0 aliphatic carbocycles. The van der Waals surface area contributed by atoms with Gasteiger partial charge in [-0.25, -0.2) is 9.59 Å². The van der Waals surface area contributed by atoms with Gasteiger partial charge in [-0.05, 0) is 24.6 Å². The third-order valence-electron chi connectivity index (χ3n) is 2.19. The fourth-order valence-electron chi connectivity index (χ4n) is 1.24. The fraction of sp³-hybridized carbons (Fsp3) is 0.273. The number of hydrogen-bond donors (Lipinski definition) is 3. The number of carbonyl (C=O) groups is 2. The Balaban J connectivity index is 2.64. The summed E-state index contributed by atoms with van der Waals surface area (Å²) in [5.41, 5.74) is 0.433. The van der Waals surface area contributed by atoms with Crippen molar-refractivity contribution in [3.8, 4) is 0 Å². The zero-order valence-corrected chi connectivity index (χ0v) is 11.0. The second-order valence-corrected chi connectivity index (χ2v) is 4.34. The summed E-state index contributed by atoms with van der Waals surface area (Å²) in [7, 11) is 0. The second kappa shape index (κ2) is 6.47. The lowest BCUT2D eigenvalue weighted by atomic mass is 10.2. The summed E-state index contributed by atoms with van der Waals surface area (Å²) in [5.74, 6) is -1.08. The van der Waals surface area contributed by atoms with E-state index in [2.05, 4.69) is 10.6 Å². The minimum Gasteiger partial charge on any atom is -0.480 e. The highest BCUT2D eigenvalue weighted by Crippen LogP contribution is 2.24. The number of carboxylic acids is 1. The number of rotatable bonds is 4. The first kappa shape index (κ1) is 14.6. The van der Waals surface area contributed by atoms with Gasteiger partial charge in [0.15, 0.2) is 0 Å². The molecule has 1 aromatic rings. The lowest BCUT2D eigenvalue weighted by Crippen LogP contribution is -2.42. The van der Waals surface area contributed by atoms with Gasteiger partial charge in [0.25, 0.3) is 0 Å². The van der Waals surface area contributed by atoms with Gasteiger partial charge < -0.3 is 15.7 Å². The van der Waals surface area contributed by atoms with E-state index in [9.17, 15) is 9.59 Å². The predicted molar refractivity (Wildman–Crippen MR) is 70.3 cm³/mol. The summed E-state index contributed by atoms with van der Waals surface area (Å²) >= 11 is 11.5. The van der Waals surface area contributed by atoms with Crippen molar-refractivity contribution >= 4 is 40.9 Å². The predicted octanol–water partition coefficient (Wildman–Crippen LogP) is 2.98. The van der Waals surface area contributed by atoms with Gasteiger partial charge in [-0.1, -0.05) is 30.1 Å². The van der Waals surface area contributed by atoms with Gasteiger partial charge in [0.1, 0.15) is 6.04 Å². The van der Waals surface area contributed by atoms with Gasteiger partial charge in [0.2, 0.25) is 0 Å².